The Kier molecular flexibility index (Phi) is 8.13. The zero-order valence-electron chi connectivity index (χ0n) is 25.0. The van der Waals surface area contributed by atoms with E-state index in [1.165, 1.54) is 36.6 Å². The van der Waals surface area contributed by atoms with Gasteiger partial charge in [0.1, 0.15) is 23.8 Å². The van der Waals surface area contributed by atoms with Crippen LogP contribution in [0.2, 0.25) is 0 Å². The maximum Gasteiger partial charge on any atom is 0.408 e. The first-order valence-corrected chi connectivity index (χ1v) is 14.4. The van der Waals surface area contributed by atoms with Crippen molar-refractivity contribution < 1.29 is 27.1 Å². The lowest BCUT2D eigenvalue weighted by Gasteiger charge is -2.38. The topological polar surface area (TPSA) is 166 Å². The summed E-state index contributed by atoms with van der Waals surface area (Å²) in [6.07, 6.45) is 3.42. The molecule has 14 nitrogen and oxygen atoms in total. The van der Waals surface area contributed by atoms with E-state index < -0.39 is 30.2 Å². The number of H-pyrrole nitrogens is 1. The number of nitrogens with one attached hydrogen (secondary N) is 3. The molecule has 1 saturated carbocycles. The van der Waals surface area contributed by atoms with Gasteiger partial charge in [0.15, 0.2) is 23.1 Å². The van der Waals surface area contributed by atoms with Gasteiger partial charge in [-0.1, -0.05) is 0 Å². The minimum atomic E-state index is -4.50. The Labute approximate surface area is 259 Å². The third-order valence-corrected chi connectivity index (χ3v) is 7.99. The first kappa shape index (κ1) is 31.0. The largest absolute Gasteiger partial charge is 0.408 e. The molecular formula is C28H30F4N12O2. The third kappa shape index (κ3) is 6.37. The Morgan fingerprint density at radius 1 is 1.15 bits per heavy atom. The molecule has 0 spiro atoms. The predicted octanol–water partition coefficient (Wildman–Crippen LogP) is 4.20. The van der Waals surface area contributed by atoms with E-state index in [1.54, 1.807) is 13.0 Å². The van der Waals surface area contributed by atoms with Crippen molar-refractivity contribution in [3.63, 3.8) is 0 Å². The molecule has 1 aliphatic carbocycles. The smallest absolute Gasteiger partial charge is 0.368 e. The Hall–Kier alpha value is -5.00. The lowest BCUT2D eigenvalue weighted by molar-refractivity contribution is -0.148. The summed E-state index contributed by atoms with van der Waals surface area (Å²) in [6.45, 7) is 2.27. The SMILES string of the molecule is CO[C@]1(C(=O)N[C@@H](C)c2cnc(-n3cc(F)cn3)cn2)CC[C@@H](c2nc(Nc3cc(C)[nH]n3)c3cnn(CC(F)(F)F)c3n2)CC1. The molecule has 18 heteroatoms. The normalized spacial score (nSPS) is 19.3. The molecule has 1 amide bonds. The fourth-order valence-corrected chi connectivity index (χ4v) is 5.51. The number of hydrogen-bond acceptors (Lipinski definition) is 10. The number of nitrogens with zero attached hydrogens (tertiary/aromatic N) is 9. The number of fused-ring (bicyclic) bond motifs is 1. The number of alkyl halides is 3. The van der Waals surface area contributed by atoms with Gasteiger partial charge in [0.05, 0.1) is 48.1 Å². The van der Waals surface area contributed by atoms with Crippen LogP contribution in [0.1, 0.15) is 61.8 Å². The molecule has 1 fully saturated rings. The van der Waals surface area contributed by atoms with Crippen molar-refractivity contribution in [1.82, 2.24) is 55.0 Å². The van der Waals surface area contributed by atoms with Crippen molar-refractivity contribution in [3.8, 4) is 5.82 Å². The number of carbonyl (C=O) groups excluding carboxylic acids is 1. The molecule has 0 unspecified atom stereocenters. The monoisotopic (exact) mass is 642 g/mol. The molecule has 0 radical (unpaired) electrons. The zero-order valence-corrected chi connectivity index (χ0v) is 25.0. The standard InChI is InChI=1S/C28H30F4N12O2/c1-15-8-21(42-41-15)38-24-19-10-36-44(14-28(30,31)32)25(19)40-23(39-24)17-4-6-27(46-3,7-5-17)26(45)37-16(2)20-11-34-22(12-33-20)43-13-18(29)9-35-43/h8-13,16-17H,4-7,14H2,1-3H3,(H,37,45)(H2,38,39,40,41,42)/t16-,17-,27-/m0/s1. The van der Waals surface area contributed by atoms with Crippen LogP contribution in [0.5, 0.6) is 0 Å². The van der Waals surface area contributed by atoms with Gasteiger partial charge in [0.25, 0.3) is 5.91 Å². The average Bonchev–Trinajstić information content (AvgIpc) is 3.76. The number of hydrogen-bond donors (Lipinski definition) is 3. The Morgan fingerprint density at radius 3 is 2.54 bits per heavy atom. The molecule has 1 atom stereocenters. The van der Waals surface area contributed by atoms with E-state index in [9.17, 15) is 22.4 Å². The van der Waals surface area contributed by atoms with E-state index in [2.05, 4.69) is 51.0 Å². The summed E-state index contributed by atoms with van der Waals surface area (Å²) in [6, 6.07) is 1.22. The van der Waals surface area contributed by atoms with Crippen molar-refractivity contribution in [2.75, 3.05) is 12.4 Å². The minimum absolute atomic E-state index is 0.0389. The van der Waals surface area contributed by atoms with E-state index in [4.69, 9.17) is 4.74 Å². The quantitative estimate of drug-likeness (QED) is 0.198. The van der Waals surface area contributed by atoms with Crippen molar-refractivity contribution in [3.05, 3.63) is 60.1 Å². The molecule has 46 heavy (non-hydrogen) atoms. The molecule has 242 valence electrons. The second-order valence-electron chi connectivity index (χ2n) is 11.2. The van der Waals surface area contributed by atoms with Crippen LogP contribution < -0.4 is 10.6 Å². The van der Waals surface area contributed by atoms with Gasteiger partial charge in [-0.15, -0.1) is 0 Å². The first-order valence-electron chi connectivity index (χ1n) is 14.4. The lowest BCUT2D eigenvalue weighted by Crippen LogP contribution is -2.51. The van der Waals surface area contributed by atoms with Gasteiger partial charge in [-0.05, 0) is 39.5 Å². The Morgan fingerprint density at radius 2 is 1.93 bits per heavy atom. The minimum Gasteiger partial charge on any atom is -0.368 e. The van der Waals surface area contributed by atoms with Crippen LogP contribution in [-0.2, 0) is 16.1 Å². The second kappa shape index (κ2) is 12.1. The third-order valence-electron chi connectivity index (χ3n) is 7.99. The molecule has 3 N–H and O–H groups in total. The fraction of sp³-hybridized carbons (Fsp3) is 0.429. The van der Waals surface area contributed by atoms with Gasteiger partial charge in [0.2, 0.25) is 0 Å². The van der Waals surface area contributed by atoms with E-state index in [0.29, 0.717) is 54.2 Å². The molecule has 0 bridgehead atoms. The number of anilines is 2. The number of aromatic amines is 1. The lowest BCUT2D eigenvalue weighted by atomic mass is 9.77. The number of halogens is 4. The van der Waals surface area contributed by atoms with Crippen molar-refractivity contribution >= 4 is 28.6 Å². The van der Waals surface area contributed by atoms with Gasteiger partial charge in [-0.2, -0.15) is 28.5 Å². The highest BCUT2D eigenvalue weighted by Gasteiger charge is 2.44. The summed E-state index contributed by atoms with van der Waals surface area (Å²) in [7, 11) is 1.47. The second-order valence-corrected chi connectivity index (χ2v) is 11.2. The van der Waals surface area contributed by atoms with E-state index in [0.717, 1.165) is 16.6 Å². The summed E-state index contributed by atoms with van der Waals surface area (Å²) >= 11 is 0. The van der Waals surface area contributed by atoms with Crippen LogP contribution in [0.25, 0.3) is 16.9 Å². The molecule has 6 rings (SSSR count). The van der Waals surface area contributed by atoms with Gasteiger partial charge in [-0.3, -0.25) is 14.9 Å². The Bertz CT molecular complexity index is 1840. The summed E-state index contributed by atoms with van der Waals surface area (Å²) in [5.74, 6) is 0.257. The zero-order chi connectivity index (χ0) is 32.6. The van der Waals surface area contributed by atoms with Gasteiger partial charge >= 0.3 is 6.18 Å². The number of amides is 1. The van der Waals surface area contributed by atoms with E-state index in [-0.39, 0.29) is 23.3 Å². The molecule has 5 aromatic rings. The molecule has 0 aliphatic heterocycles. The maximum absolute atomic E-state index is 13.5. The fourth-order valence-electron chi connectivity index (χ4n) is 5.51. The Balaban J connectivity index is 1.18. The van der Waals surface area contributed by atoms with E-state index >= 15 is 0 Å². The highest BCUT2D eigenvalue weighted by molar-refractivity contribution is 5.88. The molecule has 5 heterocycles. The van der Waals surface area contributed by atoms with Gasteiger partial charge in [-0.25, -0.2) is 28.7 Å². The number of methoxy groups -OCH3 is 1. The number of aryl methyl sites for hydroxylation is 1. The van der Waals surface area contributed by atoms with Crippen LogP contribution in [0.3, 0.4) is 0 Å². The van der Waals surface area contributed by atoms with Gasteiger partial charge in [0, 0.05) is 24.8 Å². The molecule has 5 aromatic heterocycles. The molecule has 1 aliphatic rings. The first-order chi connectivity index (χ1) is 21.9. The number of rotatable bonds is 9. The predicted molar refractivity (Wildman–Crippen MR) is 155 cm³/mol. The maximum atomic E-state index is 13.5. The van der Waals surface area contributed by atoms with Crippen molar-refractivity contribution in [2.24, 2.45) is 0 Å². The summed E-state index contributed by atoms with van der Waals surface area (Å²) < 4.78 is 61.1. The highest BCUT2D eigenvalue weighted by atomic mass is 19.4. The summed E-state index contributed by atoms with van der Waals surface area (Å²) in [4.78, 5) is 31.3. The molecule has 0 saturated heterocycles. The number of aromatic nitrogens is 10. The summed E-state index contributed by atoms with van der Waals surface area (Å²) in [5.41, 5.74) is 0.151. The van der Waals surface area contributed by atoms with E-state index in [1.807, 2.05) is 6.92 Å². The van der Waals surface area contributed by atoms with Crippen LogP contribution in [-0.4, -0.2) is 74.5 Å². The highest BCUT2D eigenvalue weighted by Crippen LogP contribution is 2.40. The van der Waals surface area contributed by atoms with Gasteiger partial charge < -0.3 is 15.4 Å². The average molecular weight is 643 g/mol. The van der Waals surface area contributed by atoms with Crippen LogP contribution in [0.4, 0.5) is 29.2 Å². The summed E-state index contributed by atoms with van der Waals surface area (Å²) in [5, 5.41) is 21.1. The molecular weight excluding hydrogens is 612 g/mol. The van der Waals surface area contributed by atoms with Crippen LogP contribution in [0.15, 0.2) is 37.1 Å². The number of carbonyl (C=O) groups is 1. The van der Waals surface area contributed by atoms with Crippen LogP contribution in [0, 0.1) is 12.7 Å². The molecule has 0 aromatic carbocycles. The van der Waals surface area contributed by atoms with Crippen molar-refractivity contribution in [2.45, 2.75) is 69.8 Å². The van der Waals surface area contributed by atoms with Crippen molar-refractivity contribution in [1.29, 1.82) is 0 Å². The number of ether oxygens (including phenoxy) is 1. The van der Waals surface area contributed by atoms with Crippen LogP contribution >= 0.6 is 0 Å².